The Hall–Kier alpha value is -2.88. The van der Waals surface area contributed by atoms with Gasteiger partial charge in [-0.25, -0.2) is 0 Å². The maximum Gasteiger partial charge on any atom is 0.229 e. The van der Waals surface area contributed by atoms with Gasteiger partial charge in [-0.15, -0.1) is 0 Å². The van der Waals surface area contributed by atoms with Crippen molar-refractivity contribution in [3.63, 3.8) is 0 Å². The molecular weight excluding hydrogens is 400 g/mol. The molecule has 1 saturated heterocycles. The summed E-state index contributed by atoms with van der Waals surface area (Å²) < 4.78 is 11.6. The van der Waals surface area contributed by atoms with E-state index >= 15 is 0 Å². The first kappa shape index (κ1) is 20.0. The predicted molar refractivity (Wildman–Crippen MR) is 114 cm³/mol. The zero-order valence-electron chi connectivity index (χ0n) is 16.6. The van der Waals surface area contributed by atoms with Crippen LogP contribution in [0.25, 0.3) is 21.8 Å². The number of nitrogens with one attached hydrogen (secondary N) is 2. The van der Waals surface area contributed by atoms with E-state index in [2.05, 4.69) is 9.97 Å². The van der Waals surface area contributed by atoms with E-state index in [0.717, 1.165) is 33.1 Å². The van der Waals surface area contributed by atoms with Crippen molar-refractivity contribution >= 4 is 21.8 Å². The Kier molecular flexibility index (Phi) is 5.17. The van der Waals surface area contributed by atoms with Crippen molar-refractivity contribution < 1.29 is 29.9 Å². The minimum Gasteiger partial charge on any atom is -0.459 e. The molecule has 2 aromatic heterocycles. The fourth-order valence-electron chi connectivity index (χ4n) is 4.18. The fraction of sp³-hybridized carbons (Fsp3) is 0.304. The number of benzene rings is 2. The van der Waals surface area contributed by atoms with E-state index < -0.39 is 37.3 Å². The summed E-state index contributed by atoms with van der Waals surface area (Å²) >= 11 is 0. The second-order valence-electron chi connectivity index (χ2n) is 7.83. The summed E-state index contributed by atoms with van der Waals surface area (Å²) in [6.07, 6.45) is -4.22. The van der Waals surface area contributed by atoms with Gasteiger partial charge < -0.3 is 39.9 Å². The third kappa shape index (κ3) is 3.48. The first-order valence-electron chi connectivity index (χ1n) is 10.2. The van der Waals surface area contributed by atoms with Crippen LogP contribution in [0.3, 0.4) is 0 Å². The Morgan fingerprint density at radius 1 is 0.871 bits per heavy atom. The topological polar surface area (TPSA) is 131 Å². The molecule has 0 saturated carbocycles. The first-order valence-corrected chi connectivity index (χ1v) is 10.2. The highest BCUT2D eigenvalue weighted by Crippen LogP contribution is 2.35. The number of aromatic amines is 2. The van der Waals surface area contributed by atoms with Crippen molar-refractivity contribution in [1.82, 2.24) is 9.97 Å². The van der Waals surface area contributed by atoms with E-state index in [9.17, 15) is 20.4 Å². The van der Waals surface area contributed by atoms with E-state index in [1.54, 1.807) is 0 Å². The maximum atomic E-state index is 10.4. The number of aliphatic hydroxyl groups is 4. The van der Waals surface area contributed by atoms with E-state index in [0.29, 0.717) is 12.2 Å². The largest absolute Gasteiger partial charge is 0.459 e. The highest BCUT2D eigenvalue weighted by atomic mass is 16.7. The van der Waals surface area contributed by atoms with Gasteiger partial charge in [0.25, 0.3) is 0 Å². The van der Waals surface area contributed by atoms with Crippen LogP contribution in [0.4, 0.5) is 0 Å². The molecule has 0 radical (unpaired) electrons. The molecule has 0 aliphatic carbocycles. The second kappa shape index (κ2) is 7.99. The predicted octanol–water partition coefficient (Wildman–Crippen LogP) is 1.42. The van der Waals surface area contributed by atoms with Crippen LogP contribution in [-0.2, 0) is 11.2 Å². The molecule has 0 spiro atoms. The van der Waals surface area contributed by atoms with Crippen LogP contribution < -0.4 is 4.74 Å². The van der Waals surface area contributed by atoms with Crippen molar-refractivity contribution in [2.45, 2.75) is 37.1 Å². The summed E-state index contributed by atoms with van der Waals surface area (Å²) in [4.78, 5) is 6.65. The Bertz CT molecular complexity index is 1200. The van der Waals surface area contributed by atoms with Crippen LogP contribution in [0.5, 0.6) is 5.75 Å². The maximum absolute atomic E-state index is 10.4. The van der Waals surface area contributed by atoms with E-state index in [4.69, 9.17) is 9.47 Å². The summed E-state index contributed by atoms with van der Waals surface area (Å²) in [6, 6.07) is 15.6. The van der Waals surface area contributed by atoms with Gasteiger partial charge in [-0.3, -0.25) is 0 Å². The Morgan fingerprint density at radius 2 is 1.58 bits per heavy atom. The zero-order valence-corrected chi connectivity index (χ0v) is 16.6. The van der Waals surface area contributed by atoms with Crippen LogP contribution in [0, 0.1) is 0 Å². The minimum absolute atomic E-state index is 0.491. The number of rotatable bonds is 5. The summed E-state index contributed by atoms with van der Waals surface area (Å²) in [5, 5.41) is 41.9. The third-order valence-corrected chi connectivity index (χ3v) is 5.86. The average molecular weight is 424 g/mol. The lowest BCUT2D eigenvalue weighted by Crippen LogP contribution is -2.60. The van der Waals surface area contributed by atoms with Gasteiger partial charge >= 0.3 is 0 Å². The first-order chi connectivity index (χ1) is 15.1. The zero-order chi connectivity index (χ0) is 21.5. The van der Waals surface area contributed by atoms with Crippen molar-refractivity contribution in [3.05, 3.63) is 66.0 Å². The van der Waals surface area contributed by atoms with Crippen LogP contribution in [0.2, 0.25) is 0 Å². The molecule has 1 aliphatic rings. The van der Waals surface area contributed by atoms with E-state index in [-0.39, 0.29) is 0 Å². The average Bonchev–Trinajstić information content (AvgIpc) is 3.36. The Balaban J connectivity index is 1.52. The van der Waals surface area contributed by atoms with E-state index in [1.807, 2.05) is 54.7 Å². The number of para-hydroxylation sites is 2. The highest BCUT2D eigenvalue weighted by molar-refractivity contribution is 5.89. The monoisotopic (exact) mass is 424 g/mol. The number of hydrogen-bond donors (Lipinski definition) is 6. The molecule has 0 unspecified atom stereocenters. The lowest BCUT2D eigenvalue weighted by molar-refractivity contribution is -0.277. The molecule has 31 heavy (non-hydrogen) atoms. The molecule has 0 bridgehead atoms. The van der Waals surface area contributed by atoms with Gasteiger partial charge in [0.05, 0.1) is 12.3 Å². The van der Waals surface area contributed by atoms with Gasteiger partial charge in [-0.05, 0) is 23.8 Å². The number of aliphatic hydroxyl groups excluding tert-OH is 4. The number of H-pyrrole nitrogens is 2. The molecule has 2 aromatic carbocycles. The van der Waals surface area contributed by atoms with Crippen LogP contribution in [-0.4, -0.2) is 67.7 Å². The van der Waals surface area contributed by atoms with Crippen LogP contribution >= 0.6 is 0 Å². The van der Waals surface area contributed by atoms with Gasteiger partial charge in [0.2, 0.25) is 6.29 Å². The number of fused-ring (bicyclic) bond motifs is 2. The molecule has 5 rings (SSSR count). The number of aromatic nitrogens is 2. The van der Waals surface area contributed by atoms with Gasteiger partial charge in [-0.2, -0.15) is 0 Å². The molecule has 4 aromatic rings. The number of ether oxygens (including phenoxy) is 2. The molecule has 8 nitrogen and oxygen atoms in total. The molecule has 8 heteroatoms. The van der Waals surface area contributed by atoms with Gasteiger partial charge in [0.15, 0.2) is 5.75 Å². The Labute approximate surface area is 177 Å². The van der Waals surface area contributed by atoms with Crippen LogP contribution in [0.15, 0.2) is 54.7 Å². The molecule has 1 aliphatic heterocycles. The SMILES string of the molecule is OC[C@H]1O[C@@H](Oc2c(Cc3c[nH]c4ccccc34)[nH]c3ccccc23)[C@H](O)[C@@H](O)[C@@H]1O. The molecular formula is C23H24N2O6. The number of hydrogen-bond acceptors (Lipinski definition) is 6. The van der Waals surface area contributed by atoms with Crippen molar-refractivity contribution in [1.29, 1.82) is 0 Å². The second-order valence-corrected chi connectivity index (χ2v) is 7.83. The molecule has 3 heterocycles. The fourth-order valence-corrected chi connectivity index (χ4v) is 4.18. The quantitative estimate of drug-likeness (QED) is 0.287. The molecule has 6 N–H and O–H groups in total. The molecule has 162 valence electrons. The lowest BCUT2D eigenvalue weighted by Gasteiger charge is -2.39. The van der Waals surface area contributed by atoms with Crippen molar-refractivity contribution in [2.75, 3.05) is 6.61 Å². The minimum atomic E-state index is -1.50. The molecule has 0 amide bonds. The molecule has 1 fully saturated rings. The van der Waals surface area contributed by atoms with Gasteiger partial charge in [0, 0.05) is 34.4 Å². The third-order valence-electron chi connectivity index (χ3n) is 5.86. The normalized spacial score (nSPS) is 26.5. The van der Waals surface area contributed by atoms with E-state index in [1.165, 1.54) is 0 Å². The van der Waals surface area contributed by atoms with Crippen LogP contribution in [0.1, 0.15) is 11.3 Å². The summed E-state index contributed by atoms with van der Waals surface area (Å²) in [5.74, 6) is 0.491. The smallest absolute Gasteiger partial charge is 0.229 e. The lowest BCUT2D eigenvalue weighted by atomic mass is 9.99. The molecule has 5 atom stereocenters. The standard InChI is InChI=1S/C23H24N2O6/c26-11-18-19(27)20(28)21(29)23(30-18)31-22-14-6-2-4-8-16(14)25-17(22)9-12-10-24-15-7-3-1-5-13(12)15/h1-8,10,18-21,23-29H,9,11H2/t18-,19-,20+,21-,23+/m1/s1. The van der Waals surface area contributed by atoms with Gasteiger partial charge in [0.1, 0.15) is 24.4 Å². The van der Waals surface area contributed by atoms with Crippen molar-refractivity contribution in [2.24, 2.45) is 0 Å². The summed E-state index contributed by atoms with van der Waals surface area (Å²) in [7, 11) is 0. The Morgan fingerprint density at radius 3 is 2.35 bits per heavy atom. The van der Waals surface area contributed by atoms with Crippen molar-refractivity contribution in [3.8, 4) is 5.75 Å². The highest BCUT2D eigenvalue weighted by Gasteiger charge is 2.45. The summed E-state index contributed by atoms with van der Waals surface area (Å²) in [6.45, 7) is -0.513. The van der Waals surface area contributed by atoms with Gasteiger partial charge in [-0.1, -0.05) is 30.3 Å². The summed E-state index contributed by atoms with van der Waals surface area (Å²) in [5.41, 5.74) is 3.74.